The maximum absolute atomic E-state index is 5.88. The molecule has 1 aromatic carbocycles. The number of thiocarbonyl (C=S) groups is 1. The molecular formula is C27H27N5S. The lowest BCUT2D eigenvalue weighted by atomic mass is 9.96. The van der Waals surface area contributed by atoms with Crippen LogP contribution in [0.2, 0.25) is 0 Å². The summed E-state index contributed by atoms with van der Waals surface area (Å²) in [4.78, 5) is 11.2. The van der Waals surface area contributed by atoms with Crippen molar-refractivity contribution in [2.45, 2.75) is 39.4 Å². The highest BCUT2D eigenvalue weighted by Gasteiger charge is 2.42. The normalized spacial score (nSPS) is 17.9. The summed E-state index contributed by atoms with van der Waals surface area (Å²) in [6.07, 6.45) is 5.59. The third kappa shape index (κ3) is 4.02. The number of nitrogens with zero attached hydrogens (tertiary/aromatic N) is 4. The lowest BCUT2D eigenvalue weighted by Crippen LogP contribution is -2.29. The van der Waals surface area contributed by atoms with E-state index in [0.29, 0.717) is 0 Å². The number of hydrogen-bond acceptors (Lipinski definition) is 3. The molecule has 1 N–H and O–H groups in total. The Labute approximate surface area is 200 Å². The number of aromatic nitrogens is 3. The summed E-state index contributed by atoms with van der Waals surface area (Å²) in [5.41, 5.74) is 8.16. The van der Waals surface area contributed by atoms with Gasteiger partial charge < -0.3 is 14.8 Å². The molecule has 0 saturated carbocycles. The molecule has 0 unspecified atom stereocenters. The fourth-order valence-corrected chi connectivity index (χ4v) is 5.12. The Balaban J connectivity index is 1.63. The van der Waals surface area contributed by atoms with E-state index in [-0.39, 0.29) is 12.1 Å². The highest BCUT2D eigenvalue weighted by atomic mass is 32.1. The van der Waals surface area contributed by atoms with Crippen LogP contribution in [0.4, 0.5) is 5.69 Å². The van der Waals surface area contributed by atoms with Gasteiger partial charge in [-0.3, -0.25) is 9.97 Å². The van der Waals surface area contributed by atoms with Crippen molar-refractivity contribution in [2.24, 2.45) is 0 Å². The molecule has 1 aliphatic heterocycles. The van der Waals surface area contributed by atoms with Crippen molar-refractivity contribution in [3.63, 3.8) is 0 Å². The van der Waals surface area contributed by atoms with Crippen molar-refractivity contribution in [3.05, 3.63) is 113 Å². The van der Waals surface area contributed by atoms with E-state index in [2.05, 4.69) is 88.0 Å². The van der Waals surface area contributed by atoms with Gasteiger partial charge in [0.25, 0.3) is 0 Å². The van der Waals surface area contributed by atoms with Crippen LogP contribution in [0.1, 0.15) is 45.9 Å². The molecule has 1 fully saturated rings. The molecule has 0 spiro atoms. The number of nitrogens with one attached hydrogen (secondary N) is 1. The molecule has 6 heteroatoms. The molecule has 3 aromatic heterocycles. The second-order valence-corrected chi connectivity index (χ2v) is 9.00. The van der Waals surface area contributed by atoms with Crippen LogP contribution in [0.5, 0.6) is 0 Å². The zero-order chi connectivity index (χ0) is 22.9. The fourth-order valence-electron chi connectivity index (χ4n) is 4.77. The van der Waals surface area contributed by atoms with Crippen molar-refractivity contribution < 1.29 is 0 Å². The summed E-state index contributed by atoms with van der Waals surface area (Å²) >= 11 is 5.88. The van der Waals surface area contributed by atoms with E-state index in [9.17, 15) is 0 Å². The van der Waals surface area contributed by atoms with Crippen LogP contribution in [0.15, 0.2) is 79.3 Å². The van der Waals surface area contributed by atoms with Gasteiger partial charge >= 0.3 is 0 Å². The Bertz CT molecular complexity index is 1280. The van der Waals surface area contributed by atoms with E-state index < -0.39 is 0 Å². The molecule has 5 rings (SSSR count). The molecule has 0 aliphatic carbocycles. The first-order chi connectivity index (χ1) is 16.0. The summed E-state index contributed by atoms with van der Waals surface area (Å²) in [6, 6.07) is 20.9. The molecule has 0 bridgehead atoms. The van der Waals surface area contributed by atoms with Gasteiger partial charge in [-0.1, -0.05) is 24.3 Å². The van der Waals surface area contributed by atoms with Gasteiger partial charge in [-0.15, -0.1) is 0 Å². The van der Waals surface area contributed by atoms with Crippen molar-refractivity contribution >= 4 is 23.0 Å². The van der Waals surface area contributed by atoms with E-state index in [4.69, 9.17) is 12.2 Å². The van der Waals surface area contributed by atoms with E-state index in [1.165, 1.54) is 28.1 Å². The van der Waals surface area contributed by atoms with Crippen molar-refractivity contribution in [1.29, 1.82) is 0 Å². The third-order valence-electron chi connectivity index (χ3n) is 6.37. The minimum atomic E-state index is -0.0495. The van der Waals surface area contributed by atoms with Gasteiger partial charge in [0.1, 0.15) is 0 Å². The smallest absolute Gasteiger partial charge is 0.174 e. The van der Waals surface area contributed by atoms with Gasteiger partial charge in [0, 0.05) is 42.2 Å². The Morgan fingerprint density at radius 1 is 0.970 bits per heavy atom. The molecule has 0 radical (unpaired) electrons. The first-order valence-electron chi connectivity index (χ1n) is 11.2. The molecule has 1 aliphatic rings. The Hall–Kier alpha value is -3.51. The zero-order valence-electron chi connectivity index (χ0n) is 19.1. The predicted molar refractivity (Wildman–Crippen MR) is 136 cm³/mol. The Morgan fingerprint density at radius 2 is 1.85 bits per heavy atom. The number of anilines is 1. The van der Waals surface area contributed by atoms with Crippen LogP contribution in [-0.4, -0.2) is 19.6 Å². The maximum atomic E-state index is 5.88. The largest absolute Gasteiger partial charge is 0.351 e. The highest BCUT2D eigenvalue weighted by Crippen LogP contribution is 2.43. The minimum absolute atomic E-state index is 0.0111. The number of hydrogen-bond donors (Lipinski definition) is 1. The second-order valence-electron chi connectivity index (χ2n) is 8.61. The topological polar surface area (TPSA) is 46.0 Å². The molecule has 166 valence electrons. The molecule has 4 aromatic rings. The average Bonchev–Trinajstić information content (AvgIpc) is 3.31. The maximum Gasteiger partial charge on any atom is 0.174 e. The van der Waals surface area contributed by atoms with Gasteiger partial charge in [-0.25, -0.2) is 0 Å². The van der Waals surface area contributed by atoms with E-state index >= 15 is 0 Å². The van der Waals surface area contributed by atoms with Crippen molar-refractivity contribution in [2.75, 3.05) is 4.90 Å². The van der Waals surface area contributed by atoms with E-state index in [0.717, 1.165) is 23.0 Å². The number of benzene rings is 1. The van der Waals surface area contributed by atoms with Crippen molar-refractivity contribution in [3.8, 4) is 0 Å². The summed E-state index contributed by atoms with van der Waals surface area (Å²) in [5.74, 6) is 0. The second kappa shape index (κ2) is 8.79. The molecule has 2 atom stereocenters. The van der Waals surface area contributed by atoms with E-state index in [1.54, 1.807) is 0 Å². The lowest BCUT2D eigenvalue weighted by molar-refractivity contribution is 0.563. The minimum Gasteiger partial charge on any atom is -0.351 e. The summed E-state index contributed by atoms with van der Waals surface area (Å²) in [5, 5.41) is 4.29. The van der Waals surface area contributed by atoms with Crippen LogP contribution in [0.3, 0.4) is 0 Å². The summed E-state index contributed by atoms with van der Waals surface area (Å²) in [7, 11) is 0. The van der Waals surface area contributed by atoms with Gasteiger partial charge in [0.2, 0.25) is 0 Å². The van der Waals surface area contributed by atoms with E-state index in [1.807, 2.05) is 36.8 Å². The Morgan fingerprint density at radius 3 is 2.58 bits per heavy atom. The summed E-state index contributed by atoms with van der Waals surface area (Å²) < 4.78 is 2.36. The van der Waals surface area contributed by atoms with Crippen LogP contribution < -0.4 is 10.2 Å². The quantitative estimate of drug-likeness (QED) is 0.408. The molecule has 33 heavy (non-hydrogen) atoms. The first kappa shape index (κ1) is 21.3. The van der Waals surface area contributed by atoms with Gasteiger partial charge in [-0.05, 0) is 86.1 Å². The van der Waals surface area contributed by atoms with Crippen LogP contribution in [0.25, 0.3) is 0 Å². The number of rotatable bonds is 5. The first-order valence-corrected chi connectivity index (χ1v) is 11.6. The van der Waals surface area contributed by atoms with Gasteiger partial charge in [-0.2, -0.15) is 0 Å². The van der Waals surface area contributed by atoms with Crippen LogP contribution in [-0.2, 0) is 6.54 Å². The zero-order valence-corrected chi connectivity index (χ0v) is 19.9. The van der Waals surface area contributed by atoms with Crippen molar-refractivity contribution in [1.82, 2.24) is 19.9 Å². The monoisotopic (exact) mass is 453 g/mol. The standard InChI is InChI=1S/C27H27N5S/c1-18-8-6-10-22(14-18)32-26(25(30-27(32)33)24-11-4-5-13-29-24)23-15-19(2)31(20(23)3)17-21-9-7-12-28-16-21/h4-16,25-26H,17H2,1-3H3,(H,30,33)/t25-,26+/m1/s1. The van der Waals surface area contributed by atoms with Crippen LogP contribution in [0, 0.1) is 20.8 Å². The van der Waals surface area contributed by atoms with Crippen LogP contribution >= 0.6 is 12.2 Å². The molecule has 4 heterocycles. The SMILES string of the molecule is Cc1cccc(N2C(=S)N[C@H](c3ccccn3)[C@@H]2c2cc(C)n(Cc3cccnc3)c2C)c1. The molecular weight excluding hydrogens is 426 g/mol. The fraction of sp³-hybridized carbons (Fsp3) is 0.222. The summed E-state index contributed by atoms with van der Waals surface area (Å²) in [6.45, 7) is 7.26. The van der Waals surface area contributed by atoms with Gasteiger partial charge in [0.05, 0.1) is 17.8 Å². The third-order valence-corrected chi connectivity index (χ3v) is 6.69. The number of aryl methyl sites for hydroxylation is 2. The number of pyridine rings is 2. The average molecular weight is 454 g/mol. The predicted octanol–water partition coefficient (Wildman–Crippen LogP) is 5.43. The molecule has 5 nitrogen and oxygen atoms in total. The lowest BCUT2D eigenvalue weighted by Gasteiger charge is -2.28. The molecule has 0 amide bonds. The highest BCUT2D eigenvalue weighted by molar-refractivity contribution is 7.80. The molecule has 1 saturated heterocycles. The van der Waals surface area contributed by atoms with Gasteiger partial charge in [0.15, 0.2) is 5.11 Å². The Kier molecular flexibility index (Phi) is 5.68.